The molecule has 0 atom stereocenters. The van der Waals surface area contributed by atoms with Gasteiger partial charge in [-0.05, 0) is 24.3 Å². The molecule has 6 nitrogen and oxygen atoms in total. The van der Waals surface area contributed by atoms with Crippen LogP contribution in [0.4, 0.5) is 25.3 Å². The van der Waals surface area contributed by atoms with Gasteiger partial charge in [-0.25, -0.2) is 13.8 Å². The fourth-order valence-corrected chi connectivity index (χ4v) is 2.96. The second kappa shape index (κ2) is 8.00. The second-order valence-corrected chi connectivity index (χ2v) is 6.17. The maximum atomic E-state index is 13.6. The molecule has 0 unspecified atom stereocenters. The monoisotopic (exact) mass is 391 g/mol. The number of nitrogens with one attached hydrogen (secondary N) is 2. The Bertz CT molecular complexity index is 978. The van der Waals surface area contributed by atoms with E-state index in [4.69, 9.17) is 9.47 Å². The molecular formula is C18H15F2N3O3S. The van der Waals surface area contributed by atoms with Crippen molar-refractivity contribution in [1.29, 1.82) is 0 Å². The number of amides is 1. The van der Waals surface area contributed by atoms with Crippen molar-refractivity contribution in [3.05, 3.63) is 59.1 Å². The average molecular weight is 391 g/mol. The minimum Gasteiger partial charge on any atom is -0.493 e. The summed E-state index contributed by atoms with van der Waals surface area (Å²) in [4.78, 5) is 16.4. The SMILES string of the molecule is COc1ccc(Nc2nc(C(=O)Nc3ccc(F)cc3F)cs2)cc1OC. The molecule has 0 radical (unpaired) electrons. The standard InChI is InChI=1S/C18H15F2N3O3S/c1-25-15-6-4-11(8-16(15)26-2)21-18-23-14(9-27-18)17(24)22-13-5-3-10(19)7-12(13)20/h3-9H,1-2H3,(H,21,23)(H,22,24). The smallest absolute Gasteiger partial charge is 0.275 e. The van der Waals surface area contributed by atoms with Crippen molar-refractivity contribution in [2.45, 2.75) is 0 Å². The van der Waals surface area contributed by atoms with E-state index in [9.17, 15) is 13.6 Å². The highest BCUT2D eigenvalue weighted by atomic mass is 32.1. The third-order valence-corrected chi connectivity index (χ3v) is 4.31. The number of aromatic nitrogens is 1. The predicted octanol–water partition coefficient (Wildman–Crippen LogP) is 4.43. The van der Waals surface area contributed by atoms with Crippen molar-refractivity contribution in [1.82, 2.24) is 4.98 Å². The molecule has 1 amide bonds. The van der Waals surface area contributed by atoms with Crippen LogP contribution < -0.4 is 20.1 Å². The summed E-state index contributed by atoms with van der Waals surface area (Å²) in [6.45, 7) is 0. The summed E-state index contributed by atoms with van der Waals surface area (Å²) in [6.07, 6.45) is 0. The zero-order chi connectivity index (χ0) is 19.4. The molecule has 2 aromatic carbocycles. The van der Waals surface area contributed by atoms with Gasteiger partial charge in [-0.2, -0.15) is 0 Å². The first kappa shape index (κ1) is 18.6. The number of benzene rings is 2. The molecule has 0 bridgehead atoms. The number of methoxy groups -OCH3 is 2. The van der Waals surface area contributed by atoms with Crippen LogP contribution in [0.1, 0.15) is 10.5 Å². The first-order valence-corrected chi connectivity index (χ1v) is 8.59. The molecule has 0 aliphatic heterocycles. The van der Waals surface area contributed by atoms with Gasteiger partial charge in [0.25, 0.3) is 5.91 Å². The lowest BCUT2D eigenvalue weighted by atomic mass is 10.3. The van der Waals surface area contributed by atoms with Gasteiger partial charge in [0.1, 0.15) is 17.3 Å². The highest BCUT2D eigenvalue weighted by molar-refractivity contribution is 7.14. The van der Waals surface area contributed by atoms with Gasteiger partial charge in [-0.3, -0.25) is 4.79 Å². The predicted molar refractivity (Wildman–Crippen MR) is 99.3 cm³/mol. The van der Waals surface area contributed by atoms with Gasteiger partial charge < -0.3 is 20.1 Å². The number of hydrogen-bond acceptors (Lipinski definition) is 6. The lowest BCUT2D eigenvalue weighted by Crippen LogP contribution is -2.13. The number of anilines is 3. The van der Waals surface area contributed by atoms with Crippen LogP contribution in [0.5, 0.6) is 11.5 Å². The number of halogens is 2. The Labute approximate surface area is 157 Å². The molecular weight excluding hydrogens is 376 g/mol. The van der Waals surface area contributed by atoms with Gasteiger partial charge in [0.05, 0.1) is 19.9 Å². The zero-order valence-corrected chi connectivity index (χ0v) is 15.2. The molecule has 3 rings (SSSR count). The van der Waals surface area contributed by atoms with Crippen LogP contribution >= 0.6 is 11.3 Å². The Morgan fingerprint density at radius 3 is 2.56 bits per heavy atom. The van der Waals surface area contributed by atoms with Crippen LogP contribution in [0, 0.1) is 11.6 Å². The summed E-state index contributed by atoms with van der Waals surface area (Å²) in [6, 6.07) is 8.15. The van der Waals surface area contributed by atoms with Crippen molar-refractivity contribution in [2.24, 2.45) is 0 Å². The summed E-state index contributed by atoms with van der Waals surface area (Å²) >= 11 is 1.20. The van der Waals surface area contributed by atoms with E-state index in [-0.39, 0.29) is 11.4 Å². The number of ether oxygens (including phenoxy) is 2. The molecule has 0 fully saturated rings. The van der Waals surface area contributed by atoms with Crippen molar-refractivity contribution in [2.75, 3.05) is 24.9 Å². The van der Waals surface area contributed by atoms with Crippen LogP contribution in [-0.2, 0) is 0 Å². The Kier molecular flexibility index (Phi) is 5.51. The van der Waals surface area contributed by atoms with Crippen molar-refractivity contribution in [3.63, 3.8) is 0 Å². The number of nitrogens with zero attached hydrogens (tertiary/aromatic N) is 1. The highest BCUT2D eigenvalue weighted by Gasteiger charge is 2.14. The highest BCUT2D eigenvalue weighted by Crippen LogP contribution is 2.31. The van der Waals surface area contributed by atoms with Crippen molar-refractivity contribution < 1.29 is 23.0 Å². The first-order chi connectivity index (χ1) is 13.0. The lowest BCUT2D eigenvalue weighted by molar-refractivity contribution is 0.102. The van der Waals surface area contributed by atoms with E-state index in [0.29, 0.717) is 28.4 Å². The van der Waals surface area contributed by atoms with Gasteiger partial charge in [0, 0.05) is 23.2 Å². The van der Waals surface area contributed by atoms with E-state index < -0.39 is 17.5 Å². The molecule has 140 valence electrons. The Balaban J connectivity index is 1.71. The number of carbonyl (C=O) groups excluding carboxylic acids is 1. The zero-order valence-electron chi connectivity index (χ0n) is 14.4. The summed E-state index contributed by atoms with van der Waals surface area (Å²) in [5, 5.41) is 7.41. The second-order valence-electron chi connectivity index (χ2n) is 5.31. The minimum absolute atomic E-state index is 0.103. The molecule has 0 aliphatic rings. The molecule has 0 aliphatic carbocycles. The van der Waals surface area contributed by atoms with Gasteiger partial charge in [-0.15, -0.1) is 11.3 Å². The number of thiazole rings is 1. The van der Waals surface area contributed by atoms with E-state index in [1.54, 1.807) is 25.3 Å². The Morgan fingerprint density at radius 2 is 1.85 bits per heavy atom. The van der Waals surface area contributed by atoms with E-state index in [1.165, 1.54) is 23.8 Å². The van der Waals surface area contributed by atoms with Crippen molar-refractivity contribution in [3.8, 4) is 11.5 Å². The van der Waals surface area contributed by atoms with Gasteiger partial charge in [0.15, 0.2) is 16.6 Å². The normalized spacial score (nSPS) is 10.4. The lowest BCUT2D eigenvalue weighted by Gasteiger charge is -2.09. The number of rotatable bonds is 6. The Morgan fingerprint density at radius 1 is 1.07 bits per heavy atom. The number of hydrogen-bond donors (Lipinski definition) is 2. The van der Waals surface area contributed by atoms with E-state index in [1.807, 2.05) is 0 Å². The van der Waals surface area contributed by atoms with Crippen LogP contribution in [0.25, 0.3) is 0 Å². The summed E-state index contributed by atoms with van der Waals surface area (Å²) < 4.78 is 37.0. The van der Waals surface area contributed by atoms with Crippen molar-refractivity contribution >= 4 is 33.8 Å². The van der Waals surface area contributed by atoms with Crippen LogP contribution in [0.3, 0.4) is 0 Å². The topological polar surface area (TPSA) is 72.5 Å². The number of carbonyl (C=O) groups is 1. The molecule has 2 N–H and O–H groups in total. The summed E-state index contributed by atoms with van der Waals surface area (Å²) in [7, 11) is 3.07. The quantitative estimate of drug-likeness (QED) is 0.650. The van der Waals surface area contributed by atoms with Crippen LogP contribution in [0.15, 0.2) is 41.8 Å². The third kappa shape index (κ3) is 4.32. The maximum Gasteiger partial charge on any atom is 0.275 e. The fourth-order valence-electron chi connectivity index (χ4n) is 2.25. The van der Waals surface area contributed by atoms with Gasteiger partial charge >= 0.3 is 0 Å². The fraction of sp³-hybridized carbons (Fsp3) is 0.111. The average Bonchev–Trinajstić information content (AvgIpc) is 3.12. The molecule has 9 heteroatoms. The molecule has 1 aromatic heterocycles. The van der Waals surface area contributed by atoms with E-state index in [2.05, 4.69) is 15.6 Å². The minimum atomic E-state index is -0.859. The largest absolute Gasteiger partial charge is 0.493 e. The molecule has 1 heterocycles. The van der Waals surface area contributed by atoms with Gasteiger partial charge in [-0.1, -0.05) is 0 Å². The molecule has 0 saturated carbocycles. The maximum absolute atomic E-state index is 13.6. The molecule has 3 aromatic rings. The Hall–Kier alpha value is -3.20. The summed E-state index contributed by atoms with van der Waals surface area (Å²) in [5.74, 6) is -1.05. The van der Waals surface area contributed by atoms with E-state index >= 15 is 0 Å². The van der Waals surface area contributed by atoms with E-state index in [0.717, 1.165) is 12.1 Å². The van der Waals surface area contributed by atoms with Gasteiger partial charge in [0.2, 0.25) is 0 Å². The molecule has 0 saturated heterocycles. The first-order valence-electron chi connectivity index (χ1n) is 7.71. The molecule has 0 spiro atoms. The third-order valence-electron chi connectivity index (χ3n) is 3.55. The summed E-state index contributed by atoms with van der Waals surface area (Å²) in [5.41, 5.74) is 0.675. The van der Waals surface area contributed by atoms with Crippen LogP contribution in [0.2, 0.25) is 0 Å². The van der Waals surface area contributed by atoms with Crippen LogP contribution in [-0.4, -0.2) is 25.1 Å². The molecule has 27 heavy (non-hydrogen) atoms.